The fourth-order valence-corrected chi connectivity index (χ4v) is 1.74. The van der Waals surface area contributed by atoms with Gasteiger partial charge >= 0.3 is 0 Å². The van der Waals surface area contributed by atoms with Crippen LogP contribution in [0.15, 0.2) is 18.3 Å². The highest BCUT2D eigenvalue weighted by Crippen LogP contribution is 2.18. The summed E-state index contributed by atoms with van der Waals surface area (Å²) in [5.41, 5.74) is 0. The molecule has 0 atom stereocenters. The van der Waals surface area contributed by atoms with Gasteiger partial charge in [-0.3, -0.25) is 0 Å². The number of aromatic nitrogens is 1. The van der Waals surface area contributed by atoms with Crippen molar-refractivity contribution in [1.29, 1.82) is 0 Å². The zero-order valence-electron chi connectivity index (χ0n) is 9.31. The molecular weight excluding hydrogens is 190 g/mol. The maximum Gasteiger partial charge on any atom is 0.132 e. The largest absolute Gasteiger partial charge is 0.497 e. The lowest BCUT2D eigenvalue weighted by Crippen LogP contribution is -2.44. The molecule has 0 amide bonds. The highest BCUT2D eigenvalue weighted by atomic mass is 16.5. The number of piperazine rings is 1. The third kappa shape index (κ3) is 2.39. The maximum atomic E-state index is 5.19. The average molecular weight is 207 g/mol. The summed E-state index contributed by atoms with van der Waals surface area (Å²) < 4.78 is 5.19. The van der Waals surface area contributed by atoms with Crippen LogP contribution < -0.4 is 9.64 Å². The molecule has 0 aromatic carbocycles. The van der Waals surface area contributed by atoms with E-state index in [0.29, 0.717) is 0 Å². The Morgan fingerprint density at radius 2 is 2.00 bits per heavy atom. The van der Waals surface area contributed by atoms with Crippen molar-refractivity contribution in [1.82, 2.24) is 9.88 Å². The fourth-order valence-electron chi connectivity index (χ4n) is 1.74. The summed E-state index contributed by atoms with van der Waals surface area (Å²) in [6.45, 7) is 4.27. The molecule has 0 N–H and O–H groups in total. The van der Waals surface area contributed by atoms with Gasteiger partial charge in [0.25, 0.3) is 0 Å². The van der Waals surface area contributed by atoms with Gasteiger partial charge in [0, 0.05) is 38.4 Å². The minimum atomic E-state index is 0.874. The van der Waals surface area contributed by atoms with Crippen molar-refractivity contribution in [2.75, 3.05) is 45.2 Å². The van der Waals surface area contributed by atoms with Crippen LogP contribution in [0.1, 0.15) is 0 Å². The van der Waals surface area contributed by atoms with E-state index < -0.39 is 0 Å². The SMILES string of the molecule is COc1ccnc(N2CCN(C)CC2)c1. The van der Waals surface area contributed by atoms with Crippen LogP contribution in [0.25, 0.3) is 0 Å². The van der Waals surface area contributed by atoms with Crippen LogP contribution in [0.3, 0.4) is 0 Å². The van der Waals surface area contributed by atoms with Crippen molar-refractivity contribution in [2.45, 2.75) is 0 Å². The molecule has 0 unspecified atom stereocenters. The van der Waals surface area contributed by atoms with Crippen molar-refractivity contribution in [3.63, 3.8) is 0 Å². The topological polar surface area (TPSA) is 28.6 Å². The molecule has 1 saturated heterocycles. The molecule has 4 heteroatoms. The number of hydrogen-bond donors (Lipinski definition) is 0. The quantitative estimate of drug-likeness (QED) is 0.718. The predicted molar refractivity (Wildman–Crippen MR) is 60.5 cm³/mol. The molecule has 1 fully saturated rings. The third-order valence-electron chi connectivity index (χ3n) is 2.78. The molecule has 1 aliphatic rings. The Kier molecular flexibility index (Phi) is 3.06. The molecule has 2 heterocycles. The first-order chi connectivity index (χ1) is 7.29. The average Bonchev–Trinajstić information content (AvgIpc) is 2.30. The normalized spacial score (nSPS) is 17.9. The van der Waals surface area contributed by atoms with E-state index in [1.54, 1.807) is 13.3 Å². The Balaban J connectivity index is 2.08. The second kappa shape index (κ2) is 4.49. The monoisotopic (exact) mass is 207 g/mol. The summed E-state index contributed by atoms with van der Waals surface area (Å²) >= 11 is 0. The first-order valence-electron chi connectivity index (χ1n) is 5.23. The number of anilines is 1. The maximum absolute atomic E-state index is 5.19. The van der Waals surface area contributed by atoms with E-state index in [0.717, 1.165) is 37.7 Å². The molecule has 1 aromatic heterocycles. The van der Waals surface area contributed by atoms with Gasteiger partial charge < -0.3 is 14.5 Å². The van der Waals surface area contributed by atoms with Crippen molar-refractivity contribution in [3.8, 4) is 5.75 Å². The second-order valence-corrected chi connectivity index (χ2v) is 3.84. The number of rotatable bonds is 2. The summed E-state index contributed by atoms with van der Waals surface area (Å²) in [6, 6.07) is 3.87. The molecule has 15 heavy (non-hydrogen) atoms. The van der Waals surface area contributed by atoms with Gasteiger partial charge in [-0.05, 0) is 13.1 Å². The zero-order valence-corrected chi connectivity index (χ0v) is 9.31. The molecular formula is C11H17N3O. The van der Waals surface area contributed by atoms with E-state index in [4.69, 9.17) is 4.74 Å². The molecule has 0 spiro atoms. The van der Waals surface area contributed by atoms with Crippen LogP contribution in [-0.4, -0.2) is 50.2 Å². The van der Waals surface area contributed by atoms with Crippen LogP contribution >= 0.6 is 0 Å². The first-order valence-corrected chi connectivity index (χ1v) is 5.23. The van der Waals surface area contributed by atoms with Crippen LogP contribution in [0, 0.1) is 0 Å². The number of methoxy groups -OCH3 is 1. The van der Waals surface area contributed by atoms with Crippen molar-refractivity contribution in [2.24, 2.45) is 0 Å². The van der Waals surface area contributed by atoms with Gasteiger partial charge in [0.2, 0.25) is 0 Å². The Labute approximate surface area is 90.5 Å². The molecule has 1 aromatic rings. The van der Waals surface area contributed by atoms with Gasteiger partial charge in [-0.15, -0.1) is 0 Å². The van der Waals surface area contributed by atoms with Crippen LogP contribution in [0.5, 0.6) is 5.75 Å². The molecule has 82 valence electrons. The Morgan fingerprint density at radius 1 is 1.27 bits per heavy atom. The van der Waals surface area contributed by atoms with Gasteiger partial charge in [0.15, 0.2) is 0 Å². The molecule has 0 saturated carbocycles. The number of hydrogen-bond acceptors (Lipinski definition) is 4. The van der Waals surface area contributed by atoms with Crippen LogP contribution in [-0.2, 0) is 0 Å². The molecule has 0 aliphatic carbocycles. The first kappa shape index (κ1) is 10.2. The number of pyridine rings is 1. The lowest BCUT2D eigenvalue weighted by molar-refractivity contribution is 0.312. The Hall–Kier alpha value is -1.29. The standard InChI is InChI=1S/C11H17N3O/c1-13-5-7-14(8-6-13)11-9-10(15-2)3-4-12-11/h3-4,9H,5-8H2,1-2H3. The van der Waals surface area contributed by atoms with Gasteiger partial charge in [-0.25, -0.2) is 4.98 Å². The van der Waals surface area contributed by atoms with E-state index >= 15 is 0 Å². The highest BCUT2D eigenvalue weighted by Gasteiger charge is 2.15. The summed E-state index contributed by atoms with van der Waals surface area (Å²) in [6.07, 6.45) is 1.80. The Bertz CT molecular complexity index is 321. The fraction of sp³-hybridized carbons (Fsp3) is 0.545. The highest BCUT2D eigenvalue weighted by molar-refractivity contribution is 5.43. The van der Waals surface area contributed by atoms with Gasteiger partial charge in [0.1, 0.15) is 11.6 Å². The minimum Gasteiger partial charge on any atom is -0.497 e. The summed E-state index contributed by atoms with van der Waals surface area (Å²) in [5, 5.41) is 0. The summed E-state index contributed by atoms with van der Waals surface area (Å²) in [7, 11) is 3.83. The lowest BCUT2D eigenvalue weighted by Gasteiger charge is -2.33. The van der Waals surface area contributed by atoms with Gasteiger partial charge in [0.05, 0.1) is 7.11 Å². The smallest absolute Gasteiger partial charge is 0.132 e. The molecule has 0 radical (unpaired) electrons. The molecule has 2 rings (SSSR count). The van der Waals surface area contributed by atoms with Gasteiger partial charge in [-0.2, -0.15) is 0 Å². The predicted octanol–water partition coefficient (Wildman–Crippen LogP) is 0.842. The van der Waals surface area contributed by atoms with E-state index in [2.05, 4.69) is 21.8 Å². The lowest BCUT2D eigenvalue weighted by atomic mass is 10.3. The number of nitrogens with zero attached hydrogens (tertiary/aromatic N) is 3. The second-order valence-electron chi connectivity index (χ2n) is 3.84. The molecule has 4 nitrogen and oxygen atoms in total. The molecule has 1 aliphatic heterocycles. The summed E-state index contributed by atoms with van der Waals surface area (Å²) in [4.78, 5) is 8.99. The van der Waals surface area contributed by atoms with E-state index in [-0.39, 0.29) is 0 Å². The van der Waals surface area contributed by atoms with E-state index in [1.165, 1.54) is 0 Å². The Morgan fingerprint density at radius 3 is 2.67 bits per heavy atom. The minimum absolute atomic E-state index is 0.874. The van der Waals surface area contributed by atoms with E-state index in [1.807, 2.05) is 12.1 Å². The number of likely N-dealkylation sites (N-methyl/N-ethyl adjacent to an activating group) is 1. The molecule has 0 bridgehead atoms. The van der Waals surface area contributed by atoms with Gasteiger partial charge in [-0.1, -0.05) is 0 Å². The van der Waals surface area contributed by atoms with E-state index in [9.17, 15) is 0 Å². The number of ether oxygens (including phenoxy) is 1. The van der Waals surface area contributed by atoms with Crippen molar-refractivity contribution in [3.05, 3.63) is 18.3 Å². The zero-order chi connectivity index (χ0) is 10.7. The summed E-state index contributed by atoms with van der Waals surface area (Å²) in [5.74, 6) is 1.89. The third-order valence-corrected chi connectivity index (χ3v) is 2.78. The van der Waals surface area contributed by atoms with Crippen LogP contribution in [0.2, 0.25) is 0 Å². The van der Waals surface area contributed by atoms with Crippen molar-refractivity contribution < 1.29 is 4.74 Å². The van der Waals surface area contributed by atoms with Crippen LogP contribution in [0.4, 0.5) is 5.82 Å². The van der Waals surface area contributed by atoms with Crippen molar-refractivity contribution >= 4 is 5.82 Å².